The van der Waals surface area contributed by atoms with E-state index in [2.05, 4.69) is 14.9 Å². The van der Waals surface area contributed by atoms with Gasteiger partial charge in [-0.3, -0.25) is 19.2 Å². The molecule has 1 aliphatic rings. The van der Waals surface area contributed by atoms with Crippen molar-refractivity contribution in [1.82, 2.24) is 10.2 Å². The molecular weight excluding hydrogens is 583 g/mol. The molecule has 12 heteroatoms. The van der Waals surface area contributed by atoms with E-state index < -0.39 is 27.9 Å². The Morgan fingerprint density at radius 3 is 1.97 bits per heavy atom. The van der Waals surface area contributed by atoms with E-state index in [0.717, 1.165) is 11.1 Å². The number of likely N-dealkylation sites (tertiary alicyclic amines) is 1. The molecule has 0 spiro atoms. The Balaban J connectivity index is 1.43. The second-order valence-electron chi connectivity index (χ2n) is 9.54. The Kier molecular flexibility index (Phi) is 9.08. The first-order valence-corrected chi connectivity index (χ1v) is 14.8. The van der Waals surface area contributed by atoms with Crippen LogP contribution in [-0.2, 0) is 14.8 Å². The summed E-state index contributed by atoms with van der Waals surface area (Å²) in [6, 6.07) is 18.3. The Hall–Kier alpha value is -2.82. The highest BCUT2D eigenvalue weighted by Gasteiger charge is 2.36. The van der Waals surface area contributed by atoms with Crippen LogP contribution in [0.2, 0.25) is 15.1 Å². The van der Waals surface area contributed by atoms with Crippen molar-refractivity contribution in [3.63, 3.8) is 0 Å². The van der Waals surface area contributed by atoms with Gasteiger partial charge in [-0.25, -0.2) is 8.42 Å². The van der Waals surface area contributed by atoms with Crippen molar-refractivity contribution >= 4 is 62.3 Å². The van der Waals surface area contributed by atoms with Gasteiger partial charge in [0.1, 0.15) is 6.04 Å². The van der Waals surface area contributed by atoms with Crippen LogP contribution in [0, 0.1) is 5.92 Å². The Bertz CT molecular complexity index is 1420. The van der Waals surface area contributed by atoms with Crippen molar-refractivity contribution < 1.29 is 18.0 Å². The third-order valence-electron chi connectivity index (χ3n) is 6.38. The molecule has 0 aromatic heterocycles. The van der Waals surface area contributed by atoms with Crippen LogP contribution in [0.15, 0.2) is 66.7 Å². The van der Waals surface area contributed by atoms with Crippen LogP contribution in [-0.4, -0.2) is 50.0 Å². The van der Waals surface area contributed by atoms with Crippen molar-refractivity contribution in [3.05, 3.63) is 98.5 Å². The van der Waals surface area contributed by atoms with E-state index in [0.29, 0.717) is 23.1 Å². The van der Waals surface area contributed by atoms with E-state index in [1.807, 2.05) is 48.5 Å². The third kappa shape index (κ3) is 7.64. The average Bonchev–Trinajstić information content (AvgIpc) is 2.83. The lowest BCUT2D eigenvalue weighted by atomic mass is 9.91. The number of primary amides is 1. The number of nitrogens with two attached hydrogens (primary N) is 1. The summed E-state index contributed by atoms with van der Waals surface area (Å²) in [6.07, 6.45) is 0. The van der Waals surface area contributed by atoms with Gasteiger partial charge in [0.05, 0.1) is 17.5 Å². The molecule has 4 rings (SSSR count). The smallest absolute Gasteiger partial charge is 0.252 e. The van der Waals surface area contributed by atoms with E-state index in [1.54, 1.807) is 0 Å². The van der Waals surface area contributed by atoms with Gasteiger partial charge in [0.25, 0.3) is 5.91 Å². The summed E-state index contributed by atoms with van der Waals surface area (Å²) < 4.78 is 28.5. The number of amides is 2. The zero-order valence-corrected chi connectivity index (χ0v) is 24.0. The predicted molar refractivity (Wildman–Crippen MR) is 155 cm³/mol. The summed E-state index contributed by atoms with van der Waals surface area (Å²) in [7, 11) is -3.76. The lowest BCUT2D eigenvalue weighted by Crippen LogP contribution is -2.51. The highest BCUT2D eigenvalue weighted by atomic mass is 35.5. The standard InChI is InChI=1S/C27H27Cl3N4O4S/c1-16(26(31)35)32-27(36)20-10-23(30)12-24(11-20)33-39(37,38)15-17-13-34(14-17)25(18-2-6-21(28)7-3-18)19-4-8-22(29)9-5-19/h2-12,16-17,25,33H,13-15H2,1H3,(H2,31,35)(H,32,36). The minimum atomic E-state index is -3.76. The highest BCUT2D eigenvalue weighted by Crippen LogP contribution is 2.36. The topological polar surface area (TPSA) is 122 Å². The first kappa shape index (κ1) is 29.2. The van der Waals surface area contributed by atoms with E-state index in [9.17, 15) is 18.0 Å². The second kappa shape index (κ2) is 12.1. The fourth-order valence-electron chi connectivity index (χ4n) is 4.49. The van der Waals surface area contributed by atoms with Crippen molar-refractivity contribution in [2.45, 2.75) is 19.0 Å². The number of nitrogens with one attached hydrogen (secondary N) is 2. The molecule has 1 atom stereocenters. The maximum atomic E-state index is 13.0. The average molecular weight is 610 g/mol. The minimum Gasteiger partial charge on any atom is -0.368 e. The summed E-state index contributed by atoms with van der Waals surface area (Å²) in [5, 5.41) is 3.88. The molecule has 3 aromatic carbocycles. The monoisotopic (exact) mass is 608 g/mol. The molecule has 0 radical (unpaired) electrons. The minimum absolute atomic E-state index is 0.0803. The Morgan fingerprint density at radius 1 is 0.923 bits per heavy atom. The number of carbonyl (C=O) groups is 2. The van der Waals surface area contributed by atoms with E-state index in [4.69, 9.17) is 40.5 Å². The number of halogens is 3. The van der Waals surface area contributed by atoms with Gasteiger partial charge in [-0.15, -0.1) is 0 Å². The Morgan fingerprint density at radius 2 is 1.46 bits per heavy atom. The van der Waals surface area contributed by atoms with Gasteiger partial charge in [0.2, 0.25) is 15.9 Å². The molecule has 206 valence electrons. The van der Waals surface area contributed by atoms with Crippen LogP contribution >= 0.6 is 34.8 Å². The van der Waals surface area contributed by atoms with Crippen LogP contribution in [0.3, 0.4) is 0 Å². The van der Waals surface area contributed by atoms with E-state index >= 15 is 0 Å². The predicted octanol–water partition coefficient (Wildman–Crippen LogP) is 4.71. The highest BCUT2D eigenvalue weighted by molar-refractivity contribution is 7.92. The maximum Gasteiger partial charge on any atom is 0.252 e. The van der Waals surface area contributed by atoms with E-state index in [1.165, 1.54) is 25.1 Å². The fraction of sp³-hybridized carbons (Fsp3) is 0.259. The zero-order chi connectivity index (χ0) is 28.3. The summed E-state index contributed by atoms with van der Waals surface area (Å²) >= 11 is 18.3. The first-order chi connectivity index (χ1) is 18.4. The molecule has 0 bridgehead atoms. The summed E-state index contributed by atoms with van der Waals surface area (Å²) in [5.41, 5.74) is 7.51. The lowest BCUT2D eigenvalue weighted by molar-refractivity contribution is -0.119. The molecule has 39 heavy (non-hydrogen) atoms. The molecule has 1 fully saturated rings. The quantitative estimate of drug-likeness (QED) is 0.307. The van der Waals surface area contributed by atoms with Crippen molar-refractivity contribution in [2.24, 2.45) is 11.7 Å². The van der Waals surface area contributed by atoms with Gasteiger partial charge in [-0.1, -0.05) is 59.1 Å². The Labute approximate surface area is 242 Å². The fourth-order valence-corrected chi connectivity index (χ4v) is 6.37. The second-order valence-corrected chi connectivity index (χ2v) is 12.6. The summed E-state index contributed by atoms with van der Waals surface area (Å²) in [6.45, 7) is 2.57. The number of hydrogen-bond donors (Lipinski definition) is 3. The number of benzene rings is 3. The molecule has 1 unspecified atom stereocenters. The number of anilines is 1. The van der Waals surface area contributed by atoms with Gasteiger partial charge in [-0.05, 0) is 60.5 Å². The first-order valence-electron chi connectivity index (χ1n) is 12.1. The molecule has 1 heterocycles. The molecule has 1 saturated heterocycles. The van der Waals surface area contributed by atoms with Crippen LogP contribution < -0.4 is 15.8 Å². The maximum absolute atomic E-state index is 13.0. The van der Waals surface area contributed by atoms with E-state index in [-0.39, 0.29) is 34.0 Å². The normalized spacial score (nSPS) is 15.0. The van der Waals surface area contributed by atoms with Crippen molar-refractivity contribution in [2.75, 3.05) is 23.6 Å². The lowest BCUT2D eigenvalue weighted by Gasteiger charge is -2.44. The van der Waals surface area contributed by atoms with Gasteiger partial charge in [-0.2, -0.15) is 0 Å². The van der Waals surface area contributed by atoms with Crippen LogP contribution in [0.4, 0.5) is 5.69 Å². The number of rotatable bonds is 10. The van der Waals surface area contributed by atoms with Crippen molar-refractivity contribution in [3.8, 4) is 0 Å². The molecule has 8 nitrogen and oxygen atoms in total. The summed E-state index contributed by atoms with van der Waals surface area (Å²) in [4.78, 5) is 25.9. The molecule has 4 N–H and O–H groups in total. The van der Waals surface area contributed by atoms with Crippen LogP contribution in [0.1, 0.15) is 34.5 Å². The zero-order valence-electron chi connectivity index (χ0n) is 20.9. The molecule has 3 aromatic rings. The molecule has 0 saturated carbocycles. The molecule has 1 aliphatic heterocycles. The van der Waals surface area contributed by atoms with Gasteiger partial charge >= 0.3 is 0 Å². The van der Waals surface area contributed by atoms with Crippen LogP contribution in [0.25, 0.3) is 0 Å². The number of nitrogens with zero attached hydrogens (tertiary/aromatic N) is 1. The van der Waals surface area contributed by atoms with Gasteiger partial charge in [0.15, 0.2) is 0 Å². The molecule has 2 amide bonds. The molecule has 0 aliphatic carbocycles. The number of sulfonamides is 1. The van der Waals surface area contributed by atoms with Crippen LogP contribution in [0.5, 0.6) is 0 Å². The van der Waals surface area contributed by atoms with Gasteiger partial charge < -0.3 is 11.1 Å². The third-order valence-corrected chi connectivity index (χ3v) is 8.56. The van der Waals surface area contributed by atoms with Gasteiger partial charge in [0, 0.05) is 39.6 Å². The largest absolute Gasteiger partial charge is 0.368 e. The summed E-state index contributed by atoms with van der Waals surface area (Å²) in [5.74, 6) is -1.52. The molecular formula is C27H27Cl3N4O4S. The van der Waals surface area contributed by atoms with Crippen molar-refractivity contribution in [1.29, 1.82) is 0 Å². The number of carbonyl (C=O) groups excluding carboxylic acids is 2. The SMILES string of the molecule is CC(NC(=O)c1cc(Cl)cc(NS(=O)(=O)CC2CN(C(c3ccc(Cl)cc3)c3ccc(Cl)cc3)C2)c1)C(N)=O. The number of hydrogen-bond acceptors (Lipinski definition) is 5.